The van der Waals surface area contributed by atoms with Gasteiger partial charge in [0.25, 0.3) is 5.91 Å². The van der Waals surface area contributed by atoms with Gasteiger partial charge in [0.2, 0.25) is 0 Å². The lowest BCUT2D eigenvalue weighted by Gasteiger charge is -2.16. The van der Waals surface area contributed by atoms with Crippen molar-refractivity contribution in [1.29, 1.82) is 0 Å². The van der Waals surface area contributed by atoms with Crippen molar-refractivity contribution in [2.75, 3.05) is 23.1 Å². The fraction of sp³-hybridized carbons (Fsp3) is 0.227. The van der Waals surface area contributed by atoms with Gasteiger partial charge < -0.3 is 25.1 Å². The molecule has 3 heterocycles. The van der Waals surface area contributed by atoms with E-state index in [1.807, 2.05) is 13.8 Å². The Hall–Kier alpha value is -3.12. The molecule has 0 saturated heterocycles. The number of aryl methyl sites for hydroxylation is 2. The zero-order chi connectivity index (χ0) is 20.4. The molecule has 0 saturated carbocycles. The van der Waals surface area contributed by atoms with Crippen LogP contribution in [0.2, 0.25) is 0 Å². The lowest BCUT2D eigenvalue weighted by molar-refractivity contribution is 0.0964. The van der Waals surface area contributed by atoms with E-state index in [1.54, 1.807) is 35.2 Å². The number of anilines is 2. The van der Waals surface area contributed by atoms with Crippen molar-refractivity contribution < 1.29 is 14.3 Å². The number of nitrogens with zero attached hydrogens (tertiary/aromatic N) is 1. The molecule has 1 atom stereocenters. The summed E-state index contributed by atoms with van der Waals surface area (Å²) in [6.07, 6.45) is 0. The van der Waals surface area contributed by atoms with Crippen molar-refractivity contribution in [3.8, 4) is 5.75 Å². The summed E-state index contributed by atoms with van der Waals surface area (Å²) in [5.41, 5.74) is 11.4. The number of benzene rings is 2. The minimum absolute atomic E-state index is 0.0346. The molecule has 1 amide bonds. The van der Waals surface area contributed by atoms with Crippen LogP contribution in [0.1, 0.15) is 33.3 Å². The van der Waals surface area contributed by atoms with E-state index < -0.39 is 0 Å². The number of nitrogens with one attached hydrogen (secondary N) is 1. The normalized spacial score (nSPS) is 16.1. The predicted octanol–water partition coefficient (Wildman–Crippen LogP) is 4.80. The molecular formula is C22H20ClN3O3. The number of aromatic hydroxyl groups is 1. The number of nitrogen functional groups attached to an aromatic ring is 1. The Labute approximate surface area is 171 Å². The lowest BCUT2D eigenvalue weighted by Crippen LogP contribution is -2.29. The number of phenolic OH excluding ortho intramolecular Hbond substituents is 1. The van der Waals surface area contributed by atoms with Crippen LogP contribution < -0.4 is 10.6 Å². The first-order chi connectivity index (χ1) is 13.9. The Morgan fingerprint density at radius 3 is 2.90 bits per heavy atom. The number of halogens is 1. The maximum absolute atomic E-state index is 13.3. The first kappa shape index (κ1) is 17.9. The number of phenols is 1. The summed E-state index contributed by atoms with van der Waals surface area (Å²) in [6.45, 7) is 4.40. The van der Waals surface area contributed by atoms with Gasteiger partial charge in [-0.3, -0.25) is 4.79 Å². The number of carbonyl (C=O) groups excluding carboxylic acids is 1. The van der Waals surface area contributed by atoms with Crippen LogP contribution in [0.3, 0.4) is 0 Å². The maximum Gasteiger partial charge on any atom is 0.294 e. The number of furan rings is 1. The van der Waals surface area contributed by atoms with E-state index >= 15 is 0 Å². The molecule has 0 unspecified atom stereocenters. The molecule has 6 nitrogen and oxygen atoms in total. The number of rotatable bonds is 2. The molecule has 29 heavy (non-hydrogen) atoms. The molecule has 4 aromatic rings. The Balaban J connectivity index is 1.67. The molecule has 1 aliphatic rings. The molecule has 0 bridgehead atoms. The van der Waals surface area contributed by atoms with Gasteiger partial charge in [-0.2, -0.15) is 0 Å². The number of H-pyrrole nitrogens is 1. The van der Waals surface area contributed by atoms with E-state index in [0.717, 1.165) is 27.6 Å². The number of aromatic amines is 1. The third kappa shape index (κ3) is 2.52. The second-order valence-electron chi connectivity index (χ2n) is 7.63. The molecule has 1 aliphatic heterocycles. The van der Waals surface area contributed by atoms with Gasteiger partial charge in [-0.25, -0.2) is 0 Å². The fourth-order valence-electron chi connectivity index (χ4n) is 4.32. The van der Waals surface area contributed by atoms with Crippen LogP contribution in [0, 0.1) is 13.8 Å². The largest absolute Gasteiger partial charge is 0.506 e. The molecule has 2 aromatic heterocycles. The van der Waals surface area contributed by atoms with E-state index in [4.69, 9.17) is 21.8 Å². The first-order valence-corrected chi connectivity index (χ1v) is 9.94. The summed E-state index contributed by atoms with van der Waals surface area (Å²) in [4.78, 5) is 18.2. The Kier molecular flexibility index (Phi) is 3.83. The van der Waals surface area contributed by atoms with Gasteiger partial charge in [0.1, 0.15) is 11.3 Å². The van der Waals surface area contributed by atoms with Gasteiger partial charge in [-0.1, -0.05) is 0 Å². The van der Waals surface area contributed by atoms with Crippen molar-refractivity contribution in [1.82, 2.24) is 4.98 Å². The average molecular weight is 410 g/mol. The van der Waals surface area contributed by atoms with E-state index in [0.29, 0.717) is 34.9 Å². The zero-order valence-corrected chi connectivity index (χ0v) is 16.8. The molecule has 0 spiro atoms. The first-order valence-electron chi connectivity index (χ1n) is 9.40. The molecule has 0 fully saturated rings. The van der Waals surface area contributed by atoms with Crippen LogP contribution in [0.5, 0.6) is 5.75 Å². The minimum Gasteiger partial charge on any atom is -0.506 e. The average Bonchev–Trinajstić information content (AvgIpc) is 3.35. The molecule has 5 rings (SSSR count). The van der Waals surface area contributed by atoms with Crippen molar-refractivity contribution >= 4 is 50.8 Å². The SMILES string of the molecule is Cc1[nH]c2c(O)cc3c(c2c1C)[C@H](CCl)CN3C(=O)c1cc2cc(N)ccc2o1. The zero-order valence-electron chi connectivity index (χ0n) is 16.0. The van der Waals surface area contributed by atoms with Crippen LogP contribution >= 0.6 is 11.6 Å². The van der Waals surface area contributed by atoms with E-state index in [2.05, 4.69) is 4.98 Å². The van der Waals surface area contributed by atoms with Crippen LogP contribution in [-0.2, 0) is 0 Å². The number of hydrogen-bond acceptors (Lipinski definition) is 4. The topological polar surface area (TPSA) is 95.5 Å². The number of aromatic nitrogens is 1. The molecule has 0 radical (unpaired) electrons. The predicted molar refractivity (Wildman–Crippen MR) is 115 cm³/mol. The summed E-state index contributed by atoms with van der Waals surface area (Å²) in [7, 11) is 0. The molecule has 4 N–H and O–H groups in total. The van der Waals surface area contributed by atoms with Gasteiger partial charge in [0, 0.05) is 46.6 Å². The fourth-order valence-corrected chi connectivity index (χ4v) is 4.57. The molecule has 148 valence electrons. The van der Waals surface area contributed by atoms with Crippen molar-refractivity contribution in [3.05, 3.63) is 52.9 Å². The summed E-state index contributed by atoms with van der Waals surface area (Å²) >= 11 is 6.28. The highest BCUT2D eigenvalue weighted by Gasteiger charge is 2.37. The highest BCUT2D eigenvalue weighted by molar-refractivity contribution is 6.19. The van der Waals surface area contributed by atoms with Gasteiger partial charge in [-0.05, 0) is 49.2 Å². The highest BCUT2D eigenvalue weighted by Crippen LogP contribution is 2.47. The number of carbonyl (C=O) groups is 1. The Morgan fingerprint density at radius 1 is 1.34 bits per heavy atom. The Morgan fingerprint density at radius 2 is 2.14 bits per heavy atom. The van der Waals surface area contributed by atoms with Gasteiger partial charge in [0.05, 0.1) is 11.2 Å². The van der Waals surface area contributed by atoms with Crippen LogP contribution in [-0.4, -0.2) is 28.4 Å². The number of amides is 1. The summed E-state index contributed by atoms with van der Waals surface area (Å²) in [5.74, 6) is 0.412. The second-order valence-corrected chi connectivity index (χ2v) is 7.94. The summed E-state index contributed by atoms with van der Waals surface area (Å²) < 4.78 is 5.78. The maximum atomic E-state index is 13.3. The molecular weight excluding hydrogens is 390 g/mol. The monoisotopic (exact) mass is 409 g/mol. The van der Waals surface area contributed by atoms with E-state index in [1.165, 1.54) is 0 Å². The van der Waals surface area contributed by atoms with E-state index in [-0.39, 0.29) is 23.3 Å². The van der Waals surface area contributed by atoms with Gasteiger partial charge in [0.15, 0.2) is 5.76 Å². The summed E-state index contributed by atoms with van der Waals surface area (Å²) in [6, 6.07) is 8.60. The van der Waals surface area contributed by atoms with Crippen LogP contribution in [0.15, 0.2) is 34.7 Å². The smallest absolute Gasteiger partial charge is 0.294 e. The molecule has 7 heteroatoms. The summed E-state index contributed by atoms with van der Waals surface area (Å²) in [5, 5.41) is 12.3. The third-order valence-electron chi connectivity index (χ3n) is 5.86. The van der Waals surface area contributed by atoms with Crippen molar-refractivity contribution in [2.24, 2.45) is 0 Å². The quantitative estimate of drug-likeness (QED) is 0.327. The van der Waals surface area contributed by atoms with Crippen LogP contribution in [0.25, 0.3) is 21.9 Å². The Bertz CT molecular complexity index is 1300. The number of nitrogens with two attached hydrogens (primary N) is 1. The van der Waals surface area contributed by atoms with Crippen molar-refractivity contribution in [3.63, 3.8) is 0 Å². The standard InChI is InChI=1S/C22H20ClN3O3/c1-10-11(2)25-21-16(27)7-15-20(19(10)21)13(8-23)9-26(15)22(28)18-6-12-5-14(24)3-4-17(12)29-18/h3-7,13,25,27H,8-9,24H2,1-2H3/t13-/m1/s1. The second kappa shape index (κ2) is 6.19. The number of hydrogen-bond donors (Lipinski definition) is 3. The minimum atomic E-state index is -0.266. The van der Waals surface area contributed by atoms with Crippen molar-refractivity contribution in [2.45, 2.75) is 19.8 Å². The number of fused-ring (bicyclic) bond motifs is 4. The number of alkyl halides is 1. The van der Waals surface area contributed by atoms with Gasteiger partial charge >= 0.3 is 0 Å². The molecule has 2 aromatic carbocycles. The molecule has 0 aliphatic carbocycles. The third-order valence-corrected chi connectivity index (χ3v) is 6.23. The lowest BCUT2D eigenvalue weighted by atomic mass is 9.96. The highest BCUT2D eigenvalue weighted by atomic mass is 35.5. The van der Waals surface area contributed by atoms with Gasteiger partial charge in [-0.15, -0.1) is 11.6 Å². The van der Waals surface area contributed by atoms with Crippen LogP contribution in [0.4, 0.5) is 11.4 Å². The van der Waals surface area contributed by atoms with E-state index in [9.17, 15) is 9.90 Å².